The van der Waals surface area contributed by atoms with E-state index in [1.807, 2.05) is 0 Å². The zero-order valence-electron chi connectivity index (χ0n) is 24.0. The van der Waals surface area contributed by atoms with Crippen molar-refractivity contribution in [2.45, 2.75) is 18.6 Å². The highest BCUT2D eigenvalue weighted by molar-refractivity contribution is 8.01. The van der Waals surface area contributed by atoms with Crippen LogP contribution in [0.4, 0.5) is 13.2 Å². The minimum absolute atomic E-state index is 0.00694. The fourth-order valence-electron chi connectivity index (χ4n) is 3.58. The van der Waals surface area contributed by atoms with Gasteiger partial charge in [0.1, 0.15) is 24.3 Å². The molecule has 1 atom stereocenters. The summed E-state index contributed by atoms with van der Waals surface area (Å²) < 4.78 is 103. The summed E-state index contributed by atoms with van der Waals surface area (Å²) in [6, 6.07) is 6.76. The van der Waals surface area contributed by atoms with Crippen molar-refractivity contribution >= 4 is 48.4 Å². The number of fused-ring (bicyclic) bond motifs is 1. The van der Waals surface area contributed by atoms with Gasteiger partial charge in [0.15, 0.2) is 19.7 Å². The fraction of sp³-hybridized carbons (Fsp3) is 0.444. The zero-order chi connectivity index (χ0) is 33.5. The monoisotopic (exact) mass is 695 g/mol. The van der Waals surface area contributed by atoms with Gasteiger partial charge >= 0.3 is 17.8 Å². The Balaban J connectivity index is 1.43. The number of alkyl halides is 3. The Kier molecular flexibility index (Phi) is 12.0. The van der Waals surface area contributed by atoms with Crippen LogP contribution in [-0.4, -0.2) is 87.6 Å². The molecule has 0 saturated carbocycles. The summed E-state index contributed by atoms with van der Waals surface area (Å²) in [6.07, 6.45) is -3.20. The first-order chi connectivity index (χ1) is 20.9. The molecule has 0 saturated heterocycles. The highest BCUT2D eigenvalue weighted by atomic mass is 32.2. The second-order valence-corrected chi connectivity index (χ2v) is 15.9. The van der Waals surface area contributed by atoms with E-state index in [0.717, 1.165) is 36.0 Å². The number of nitrogens with two attached hydrogens (primary N) is 2. The predicted molar refractivity (Wildman–Crippen MR) is 163 cm³/mol. The molecule has 0 fully saturated rings. The summed E-state index contributed by atoms with van der Waals surface area (Å²) in [5.74, 6) is -1.72. The lowest BCUT2D eigenvalue weighted by Gasteiger charge is -2.19. The number of pyridine rings is 1. The number of hydrogen-bond donors (Lipinski definition) is 2. The van der Waals surface area contributed by atoms with Crippen LogP contribution in [0.25, 0.3) is 22.1 Å². The van der Waals surface area contributed by atoms with Crippen molar-refractivity contribution in [2.75, 3.05) is 54.3 Å². The first kappa shape index (κ1) is 36.3. The standard InChI is InChI=1S/C27H32F3N3O9S3/c1-26(32,17-31)25(35)41-7-11-45(38,39)13-9-43-8-12-44(36,37)10-6-40-23-15-22-19(16-33-23)14-21(24(34)42-22)18-2-4-20(5-3-18)27(28,29)30/h2-5,14-16H,6-13,17,31-32H2,1H3. The van der Waals surface area contributed by atoms with Crippen LogP contribution >= 0.6 is 11.8 Å². The van der Waals surface area contributed by atoms with Crippen LogP contribution in [0.1, 0.15) is 12.5 Å². The van der Waals surface area contributed by atoms with Gasteiger partial charge in [-0.05, 0) is 30.7 Å². The fourth-order valence-corrected chi connectivity index (χ4v) is 7.84. The van der Waals surface area contributed by atoms with Gasteiger partial charge in [0.2, 0.25) is 5.88 Å². The third-order valence-corrected chi connectivity index (χ3v) is 11.1. The maximum atomic E-state index is 12.8. The molecule has 0 radical (unpaired) electrons. The third kappa shape index (κ3) is 11.0. The second-order valence-electron chi connectivity index (χ2n) is 10.1. The van der Waals surface area contributed by atoms with Gasteiger partial charge in [0.05, 0.1) is 34.1 Å². The molecule has 1 aromatic carbocycles. The van der Waals surface area contributed by atoms with Crippen LogP contribution in [0, 0.1) is 0 Å². The molecule has 0 bridgehead atoms. The van der Waals surface area contributed by atoms with Gasteiger partial charge < -0.3 is 25.4 Å². The van der Waals surface area contributed by atoms with Crippen molar-refractivity contribution in [1.82, 2.24) is 4.98 Å². The van der Waals surface area contributed by atoms with Gasteiger partial charge in [-0.2, -0.15) is 24.9 Å². The number of nitrogens with zero attached hydrogens (tertiary/aromatic N) is 1. The van der Waals surface area contributed by atoms with Gasteiger partial charge in [-0.3, -0.25) is 4.79 Å². The number of carbonyl (C=O) groups is 1. The van der Waals surface area contributed by atoms with Gasteiger partial charge in [-0.25, -0.2) is 26.6 Å². The number of halogens is 3. The molecule has 45 heavy (non-hydrogen) atoms. The summed E-state index contributed by atoms with van der Waals surface area (Å²) in [6.45, 7) is 0.590. The lowest BCUT2D eigenvalue weighted by Crippen LogP contribution is -2.52. The lowest BCUT2D eigenvalue weighted by molar-refractivity contribution is -0.148. The molecule has 4 N–H and O–H groups in total. The number of benzene rings is 1. The quantitative estimate of drug-likeness (QED) is 0.163. The molecule has 248 valence electrons. The Bertz CT molecular complexity index is 1760. The number of carbonyl (C=O) groups excluding carboxylic acids is 1. The highest BCUT2D eigenvalue weighted by Gasteiger charge is 2.30. The number of hydrogen-bond acceptors (Lipinski definition) is 13. The number of sulfone groups is 2. The number of aromatic nitrogens is 1. The van der Waals surface area contributed by atoms with E-state index in [9.17, 15) is 39.6 Å². The number of ether oxygens (including phenoxy) is 2. The van der Waals surface area contributed by atoms with E-state index in [4.69, 9.17) is 25.4 Å². The summed E-state index contributed by atoms with van der Waals surface area (Å²) >= 11 is 1.14. The van der Waals surface area contributed by atoms with Gasteiger partial charge in [0.25, 0.3) is 0 Å². The first-order valence-corrected chi connectivity index (χ1v) is 18.1. The minimum atomic E-state index is -4.52. The second kappa shape index (κ2) is 14.9. The molecule has 18 heteroatoms. The van der Waals surface area contributed by atoms with E-state index in [1.165, 1.54) is 25.3 Å². The molecule has 3 rings (SSSR count). The van der Waals surface area contributed by atoms with Crippen molar-refractivity contribution in [1.29, 1.82) is 0 Å². The lowest BCUT2D eigenvalue weighted by atomic mass is 10.0. The Hall–Kier alpha value is -3.19. The van der Waals surface area contributed by atoms with E-state index >= 15 is 0 Å². The van der Waals surface area contributed by atoms with Crippen LogP contribution in [0.15, 0.2) is 51.8 Å². The molecule has 3 aromatic rings. The van der Waals surface area contributed by atoms with Crippen LogP contribution in [0.5, 0.6) is 5.88 Å². The van der Waals surface area contributed by atoms with E-state index in [1.54, 1.807) is 0 Å². The number of esters is 1. The van der Waals surface area contributed by atoms with Crippen molar-refractivity contribution in [3.63, 3.8) is 0 Å². The normalized spacial score (nSPS) is 13.8. The van der Waals surface area contributed by atoms with Crippen LogP contribution in [0.2, 0.25) is 0 Å². The van der Waals surface area contributed by atoms with Gasteiger partial charge in [0, 0.05) is 35.7 Å². The molecule has 0 aliphatic carbocycles. The van der Waals surface area contributed by atoms with E-state index in [2.05, 4.69) is 4.98 Å². The molecular weight excluding hydrogens is 664 g/mol. The smallest absolute Gasteiger partial charge is 0.416 e. The van der Waals surface area contributed by atoms with Crippen LogP contribution in [0.3, 0.4) is 0 Å². The maximum absolute atomic E-state index is 12.8. The molecule has 0 spiro atoms. The molecule has 12 nitrogen and oxygen atoms in total. The molecule has 0 amide bonds. The van der Waals surface area contributed by atoms with E-state index < -0.39 is 54.3 Å². The minimum Gasteiger partial charge on any atom is -0.476 e. The van der Waals surface area contributed by atoms with E-state index in [-0.39, 0.29) is 71.1 Å². The third-order valence-electron chi connectivity index (χ3n) is 6.36. The molecule has 0 aliphatic heterocycles. The molecule has 0 aliphatic rings. The Morgan fingerprint density at radius 3 is 2.16 bits per heavy atom. The predicted octanol–water partition coefficient (Wildman–Crippen LogP) is 2.03. The van der Waals surface area contributed by atoms with Crippen molar-refractivity contribution in [3.05, 3.63) is 58.6 Å². The Morgan fingerprint density at radius 2 is 1.58 bits per heavy atom. The van der Waals surface area contributed by atoms with Crippen molar-refractivity contribution < 1.29 is 48.7 Å². The number of thioether (sulfide) groups is 1. The van der Waals surface area contributed by atoms with Crippen molar-refractivity contribution in [3.8, 4) is 17.0 Å². The van der Waals surface area contributed by atoms with Crippen LogP contribution in [-0.2, 0) is 35.4 Å². The Labute approximate surface area is 261 Å². The molecular formula is C27H32F3N3O9S3. The van der Waals surface area contributed by atoms with E-state index in [0.29, 0.717) is 5.39 Å². The van der Waals surface area contributed by atoms with Gasteiger partial charge in [-0.1, -0.05) is 12.1 Å². The molecule has 2 heterocycles. The maximum Gasteiger partial charge on any atom is 0.416 e. The average molecular weight is 696 g/mol. The zero-order valence-corrected chi connectivity index (χ0v) is 26.5. The average Bonchev–Trinajstić information content (AvgIpc) is 2.95. The summed E-state index contributed by atoms with van der Waals surface area (Å²) in [4.78, 5) is 28.3. The first-order valence-electron chi connectivity index (χ1n) is 13.3. The molecule has 1 unspecified atom stereocenters. The number of rotatable bonds is 16. The summed E-state index contributed by atoms with van der Waals surface area (Å²) in [7, 11) is -7.10. The SMILES string of the molecule is CC(N)(CN)C(=O)OCCS(=O)(=O)CCSCCS(=O)(=O)CCOc1cc2oc(=O)c(-c3ccc(C(F)(F)F)cc3)cc2cn1. The summed E-state index contributed by atoms with van der Waals surface area (Å²) in [5.41, 5.74) is 8.28. The van der Waals surface area contributed by atoms with Gasteiger partial charge in [-0.15, -0.1) is 0 Å². The molecule has 2 aromatic heterocycles. The van der Waals surface area contributed by atoms with Crippen molar-refractivity contribution in [2.24, 2.45) is 11.5 Å². The topological polar surface area (TPSA) is 199 Å². The Morgan fingerprint density at radius 1 is 0.978 bits per heavy atom. The largest absolute Gasteiger partial charge is 0.476 e. The highest BCUT2D eigenvalue weighted by Crippen LogP contribution is 2.31. The van der Waals surface area contributed by atoms with Crippen LogP contribution < -0.4 is 21.8 Å². The summed E-state index contributed by atoms with van der Waals surface area (Å²) in [5, 5.41) is 0.370.